The predicted octanol–water partition coefficient (Wildman–Crippen LogP) is 2.15. The molecule has 0 radical (unpaired) electrons. The molecule has 74 valence electrons. The third-order valence-electron chi connectivity index (χ3n) is 3.77. The van der Waals surface area contributed by atoms with Gasteiger partial charge in [0.15, 0.2) is 0 Å². The maximum atomic E-state index is 13.5. The van der Waals surface area contributed by atoms with E-state index >= 15 is 0 Å². The van der Waals surface area contributed by atoms with Crippen LogP contribution in [0.25, 0.3) is 0 Å². The van der Waals surface area contributed by atoms with E-state index in [0.29, 0.717) is 11.8 Å². The lowest BCUT2D eigenvalue weighted by atomic mass is 9.64. The first-order valence-electron chi connectivity index (χ1n) is 5.31. The summed E-state index contributed by atoms with van der Waals surface area (Å²) in [6, 6.07) is 7.22. The smallest absolute Gasteiger partial charge is 0.126 e. The zero-order valence-corrected chi connectivity index (χ0v) is 8.04. The fourth-order valence-electron chi connectivity index (χ4n) is 2.92. The summed E-state index contributed by atoms with van der Waals surface area (Å²) in [4.78, 5) is 0. The topological polar surface area (TPSA) is 12.0 Å². The Balaban J connectivity index is 1.87. The van der Waals surface area contributed by atoms with E-state index < -0.39 is 0 Å². The highest BCUT2D eigenvalue weighted by Crippen LogP contribution is 2.49. The van der Waals surface area contributed by atoms with Crippen molar-refractivity contribution in [1.82, 2.24) is 5.32 Å². The van der Waals surface area contributed by atoms with Crippen LogP contribution in [-0.4, -0.2) is 13.1 Å². The average molecular weight is 191 g/mol. The molecule has 1 aliphatic heterocycles. The predicted molar refractivity (Wildman–Crippen MR) is 53.6 cm³/mol. The van der Waals surface area contributed by atoms with Crippen molar-refractivity contribution in [3.05, 3.63) is 35.6 Å². The molecule has 1 saturated heterocycles. The molecule has 1 aromatic rings. The van der Waals surface area contributed by atoms with E-state index in [9.17, 15) is 4.39 Å². The van der Waals surface area contributed by atoms with E-state index in [1.54, 1.807) is 12.1 Å². The van der Waals surface area contributed by atoms with Crippen LogP contribution in [-0.2, 0) is 0 Å². The van der Waals surface area contributed by atoms with E-state index in [-0.39, 0.29) is 5.82 Å². The maximum Gasteiger partial charge on any atom is 0.126 e. The van der Waals surface area contributed by atoms with Gasteiger partial charge in [0.2, 0.25) is 0 Å². The van der Waals surface area contributed by atoms with Gasteiger partial charge in [0, 0.05) is 0 Å². The van der Waals surface area contributed by atoms with Crippen LogP contribution in [0.1, 0.15) is 17.9 Å². The monoisotopic (exact) mass is 191 g/mol. The van der Waals surface area contributed by atoms with Gasteiger partial charge in [-0.15, -0.1) is 0 Å². The minimum absolute atomic E-state index is 0.0251. The number of rotatable bonds is 1. The summed E-state index contributed by atoms with van der Waals surface area (Å²) in [7, 11) is 0. The van der Waals surface area contributed by atoms with Gasteiger partial charge in [0.25, 0.3) is 0 Å². The first kappa shape index (κ1) is 8.42. The van der Waals surface area contributed by atoms with Crippen molar-refractivity contribution in [2.24, 2.45) is 11.8 Å². The Hall–Kier alpha value is -0.890. The van der Waals surface area contributed by atoms with Crippen LogP contribution in [0.5, 0.6) is 0 Å². The molecule has 1 heterocycles. The molecule has 2 aliphatic rings. The number of halogens is 1. The zero-order chi connectivity index (χ0) is 9.54. The molecule has 14 heavy (non-hydrogen) atoms. The molecule has 1 nitrogen and oxygen atoms in total. The van der Waals surface area contributed by atoms with Gasteiger partial charge in [-0.25, -0.2) is 4.39 Å². The number of hydrogen-bond donors (Lipinski definition) is 1. The molecule has 1 aliphatic carbocycles. The van der Waals surface area contributed by atoms with E-state index in [0.717, 1.165) is 24.6 Å². The standard InChI is InChI=1S/C12H14FN/c13-12-4-2-1-3-9(12)10-5-8-6-14-7-11(8)10/h1-4,8,10-11,14H,5-7H2/t8-,10-,11-/m0/s1. The largest absolute Gasteiger partial charge is 0.316 e. The lowest BCUT2D eigenvalue weighted by molar-refractivity contribution is 0.187. The van der Waals surface area contributed by atoms with Crippen molar-refractivity contribution in [3.8, 4) is 0 Å². The van der Waals surface area contributed by atoms with Crippen molar-refractivity contribution < 1.29 is 4.39 Å². The third kappa shape index (κ3) is 1.10. The zero-order valence-electron chi connectivity index (χ0n) is 8.04. The number of fused-ring (bicyclic) bond motifs is 1. The Kier molecular flexibility index (Phi) is 1.84. The van der Waals surface area contributed by atoms with Gasteiger partial charge >= 0.3 is 0 Å². The van der Waals surface area contributed by atoms with Crippen LogP contribution in [0.15, 0.2) is 24.3 Å². The first-order valence-corrected chi connectivity index (χ1v) is 5.31. The van der Waals surface area contributed by atoms with E-state index in [2.05, 4.69) is 5.32 Å². The Labute approximate surface area is 83.3 Å². The first-order chi connectivity index (χ1) is 6.86. The van der Waals surface area contributed by atoms with Gasteiger partial charge in [-0.2, -0.15) is 0 Å². The van der Waals surface area contributed by atoms with Gasteiger partial charge in [-0.05, 0) is 48.9 Å². The second-order valence-corrected chi connectivity index (χ2v) is 4.45. The minimum atomic E-state index is -0.0251. The Bertz CT molecular complexity index is 350. The summed E-state index contributed by atoms with van der Waals surface area (Å²) in [5.74, 6) is 1.94. The summed E-state index contributed by atoms with van der Waals surface area (Å²) in [6.45, 7) is 2.21. The molecule has 0 unspecified atom stereocenters. The van der Waals surface area contributed by atoms with Gasteiger partial charge in [0.1, 0.15) is 5.82 Å². The highest BCUT2D eigenvalue weighted by molar-refractivity contribution is 5.26. The lowest BCUT2D eigenvalue weighted by Crippen LogP contribution is -2.34. The van der Waals surface area contributed by atoms with Crippen molar-refractivity contribution in [2.75, 3.05) is 13.1 Å². The van der Waals surface area contributed by atoms with Crippen LogP contribution < -0.4 is 5.32 Å². The molecule has 0 aromatic heterocycles. The average Bonchev–Trinajstić information content (AvgIpc) is 2.52. The van der Waals surface area contributed by atoms with Crippen molar-refractivity contribution in [2.45, 2.75) is 12.3 Å². The normalized spacial score (nSPS) is 35.1. The molecule has 0 bridgehead atoms. The molecule has 2 heteroatoms. The number of hydrogen-bond acceptors (Lipinski definition) is 1. The SMILES string of the molecule is Fc1ccccc1[C@@H]1C[C@H]2CNC[C@@H]21. The highest BCUT2D eigenvalue weighted by Gasteiger charge is 2.45. The van der Waals surface area contributed by atoms with Gasteiger partial charge in [-0.1, -0.05) is 18.2 Å². The van der Waals surface area contributed by atoms with Crippen molar-refractivity contribution in [1.29, 1.82) is 0 Å². The van der Waals surface area contributed by atoms with Gasteiger partial charge in [0.05, 0.1) is 0 Å². The summed E-state index contributed by atoms with van der Waals surface area (Å²) >= 11 is 0. The fraction of sp³-hybridized carbons (Fsp3) is 0.500. The minimum Gasteiger partial charge on any atom is -0.316 e. The van der Waals surface area contributed by atoms with E-state index in [1.807, 2.05) is 12.1 Å². The van der Waals surface area contributed by atoms with Crippen molar-refractivity contribution >= 4 is 0 Å². The Morgan fingerprint density at radius 3 is 2.86 bits per heavy atom. The molecule has 0 amide bonds. The van der Waals surface area contributed by atoms with Gasteiger partial charge in [-0.3, -0.25) is 0 Å². The van der Waals surface area contributed by atoms with Crippen LogP contribution >= 0.6 is 0 Å². The second kappa shape index (κ2) is 3.06. The number of nitrogens with one attached hydrogen (secondary N) is 1. The Morgan fingerprint density at radius 1 is 1.21 bits per heavy atom. The highest BCUT2D eigenvalue weighted by atomic mass is 19.1. The van der Waals surface area contributed by atoms with Crippen LogP contribution in [0.3, 0.4) is 0 Å². The maximum absolute atomic E-state index is 13.5. The van der Waals surface area contributed by atoms with E-state index in [4.69, 9.17) is 0 Å². The van der Waals surface area contributed by atoms with Gasteiger partial charge < -0.3 is 5.32 Å². The molecular weight excluding hydrogens is 177 g/mol. The summed E-state index contributed by atoms with van der Waals surface area (Å²) in [5.41, 5.74) is 0.928. The van der Waals surface area contributed by atoms with Crippen LogP contribution in [0.2, 0.25) is 0 Å². The molecule has 1 aromatic carbocycles. The second-order valence-electron chi connectivity index (χ2n) is 4.45. The molecule has 1 saturated carbocycles. The van der Waals surface area contributed by atoms with Crippen LogP contribution in [0, 0.1) is 17.7 Å². The fourth-order valence-corrected chi connectivity index (χ4v) is 2.92. The molecule has 3 rings (SSSR count). The quantitative estimate of drug-likeness (QED) is 0.717. The molecule has 1 N–H and O–H groups in total. The summed E-state index contributed by atoms with van der Waals surface area (Å²) in [5, 5.41) is 3.38. The summed E-state index contributed by atoms with van der Waals surface area (Å²) < 4.78 is 13.5. The van der Waals surface area contributed by atoms with E-state index in [1.165, 1.54) is 6.42 Å². The molecule has 0 spiro atoms. The molecular formula is C12H14FN. The molecule has 3 atom stereocenters. The van der Waals surface area contributed by atoms with Crippen molar-refractivity contribution in [3.63, 3.8) is 0 Å². The van der Waals surface area contributed by atoms with Crippen LogP contribution in [0.4, 0.5) is 4.39 Å². The molecule has 2 fully saturated rings. The third-order valence-corrected chi connectivity index (χ3v) is 3.77. The number of benzene rings is 1. The lowest BCUT2D eigenvalue weighted by Gasteiger charge is -2.40. The Morgan fingerprint density at radius 2 is 2.07 bits per heavy atom. The summed E-state index contributed by atoms with van der Waals surface area (Å²) in [6.07, 6.45) is 1.17.